The maximum absolute atomic E-state index is 6.20. The molecular weight excluding hydrogens is 190 g/mol. The zero-order valence-corrected chi connectivity index (χ0v) is 10.4. The lowest BCUT2D eigenvalue weighted by molar-refractivity contribution is 0.464. The van der Waals surface area contributed by atoms with Gasteiger partial charge in [-0.15, -0.1) is 11.3 Å². The van der Waals surface area contributed by atoms with Crippen molar-refractivity contribution in [1.29, 1.82) is 0 Å². The average Bonchev–Trinajstić information content (AvgIpc) is 2.45. The molecule has 1 rings (SSSR count). The van der Waals surface area contributed by atoms with Crippen LogP contribution in [0.1, 0.15) is 48.0 Å². The molecular formula is C12H21NS. The smallest absolute Gasteiger partial charge is 0.0395 e. The van der Waals surface area contributed by atoms with Crippen LogP contribution in [0, 0.1) is 19.8 Å². The van der Waals surface area contributed by atoms with E-state index in [-0.39, 0.29) is 6.04 Å². The van der Waals surface area contributed by atoms with E-state index in [1.165, 1.54) is 21.7 Å². The van der Waals surface area contributed by atoms with Crippen LogP contribution in [-0.2, 0) is 0 Å². The molecule has 80 valence electrons. The van der Waals surface area contributed by atoms with Crippen molar-refractivity contribution in [3.05, 3.63) is 21.4 Å². The minimum Gasteiger partial charge on any atom is -0.323 e. The second-order valence-corrected chi connectivity index (χ2v) is 5.55. The maximum atomic E-state index is 6.20. The first-order valence-corrected chi connectivity index (χ1v) is 6.18. The lowest BCUT2D eigenvalue weighted by atomic mass is 9.98. The lowest BCUT2D eigenvalue weighted by Crippen LogP contribution is -2.13. The van der Waals surface area contributed by atoms with Crippen LogP contribution < -0.4 is 5.73 Å². The molecule has 2 N–H and O–H groups in total. The minimum absolute atomic E-state index is 0.239. The fourth-order valence-corrected chi connectivity index (χ4v) is 2.78. The fourth-order valence-electron chi connectivity index (χ4n) is 1.73. The normalized spacial score (nSPS) is 15.5. The average molecular weight is 211 g/mol. The van der Waals surface area contributed by atoms with Crippen molar-refractivity contribution in [3.63, 3.8) is 0 Å². The highest BCUT2D eigenvalue weighted by molar-refractivity contribution is 7.12. The van der Waals surface area contributed by atoms with Crippen molar-refractivity contribution < 1.29 is 0 Å². The van der Waals surface area contributed by atoms with Gasteiger partial charge in [-0.3, -0.25) is 0 Å². The molecule has 0 fully saturated rings. The van der Waals surface area contributed by atoms with Crippen molar-refractivity contribution in [2.24, 2.45) is 11.7 Å². The van der Waals surface area contributed by atoms with Gasteiger partial charge in [-0.1, -0.05) is 20.3 Å². The predicted octanol–water partition coefficient (Wildman–Crippen LogP) is 3.80. The monoisotopic (exact) mass is 211 g/mol. The van der Waals surface area contributed by atoms with Crippen LogP contribution in [0.15, 0.2) is 6.07 Å². The van der Waals surface area contributed by atoms with Gasteiger partial charge in [0.1, 0.15) is 0 Å². The van der Waals surface area contributed by atoms with Gasteiger partial charge in [-0.2, -0.15) is 0 Å². The van der Waals surface area contributed by atoms with Crippen molar-refractivity contribution in [3.8, 4) is 0 Å². The summed E-state index contributed by atoms with van der Waals surface area (Å²) in [5.41, 5.74) is 7.56. The molecule has 14 heavy (non-hydrogen) atoms. The van der Waals surface area contributed by atoms with E-state index in [1.54, 1.807) is 0 Å². The lowest BCUT2D eigenvalue weighted by Gasteiger charge is -2.15. The van der Waals surface area contributed by atoms with Crippen molar-refractivity contribution >= 4 is 11.3 Å². The van der Waals surface area contributed by atoms with Gasteiger partial charge in [0.15, 0.2) is 0 Å². The van der Waals surface area contributed by atoms with Gasteiger partial charge in [0.2, 0.25) is 0 Å². The summed E-state index contributed by atoms with van der Waals surface area (Å²) in [4.78, 5) is 2.75. The van der Waals surface area contributed by atoms with Crippen LogP contribution in [0.3, 0.4) is 0 Å². The van der Waals surface area contributed by atoms with E-state index >= 15 is 0 Å². The molecule has 0 saturated heterocycles. The number of hydrogen-bond acceptors (Lipinski definition) is 2. The van der Waals surface area contributed by atoms with Gasteiger partial charge in [-0.25, -0.2) is 0 Å². The standard InChI is InChI=1S/C12H21NS/c1-5-8(2)6-11(13)12-9(3)7-10(4)14-12/h7-8,11H,5-6,13H2,1-4H3. The van der Waals surface area contributed by atoms with Crippen LogP contribution in [0.25, 0.3) is 0 Å². The quantitative estimate of drug-likeness (QED) is 0.805. The molecule has 1 aromatic heterocycles. The van der Waals surface area contributed by atoms with Crippen LogP contribution in [0.5, 0.6) is 0 Å². The van der Waals surface area contributed by atoms with Crippen molar-refractivity contribution in [1.82, 2.24) is 0 Å². The van der Waals surface area contributed by atoms with E-state index in [4.69, 9.17) is 5.73 Å². The summed E-state index contributed by atoms with van der Waals surface area (Å²) >= 11 is 1.85. The van der Waals surface area contributed by atoms with Crippen LogP contribution in [0.2, 0.25) is 0 Å². The van der Waals surface area contributed by atoms with Crippen LogP contribution in [0.4, 0.5) is 0 Å². The molecule has 1 heterocycles. The Labute approximate surface area is 91.3 Å². The highest BCUT2D eigenvalue weighted by atomic mass is 32.1. The molecule has 0 saturated carbocycles. The van der Waals surface area contributed by atoms with Gasteiger partial charge in [0, 0.05) is 15.8 Å². The summed E-state index contributed by atoms with van der Waals surface area (Å²) in [6.07, 6.45) is 2.33. The fraction of sp³-hybridized carbons (Fsp3) is 0.667. The highest BCUT2D eigenvalue weighted by Gasteiger charge is 2.14. The Kier molecular flexibility index (Phi) is 4.14. The third-order valence-electron chi connectivity index (χ3n) is 2.77. The van der Waals surface area contributed by atoms with E-state index in [9.17, 15) is 0 Å². The summed E-state index contributed by atoms with van der Waals surface area (Å²) in [6, 6.07) is 2.47. The maximum Gasteiger partial charge on any atom is 0.0395 e. The zero-order valence-electron chi connectivity index (χ0n) is 9.63. The SMILES string of the molecule is CCC(C)CC(N)c1sc(C)cc1C. The molecule has 1 aromatic rings. The predicted molar refractivity (Wildman–Crippen MR) is 64.8 cm³/mol. The summed E-state index contributed by atoms with van der Waals surface area (Å²) in [7, 11) is 0. The second kappa shape index (κ2) is 4.94. The van der Waals surface area contributed by atoms with Gasteiger partial charge in [-0.05, 0) is 37.8 Å². The van der Waals surface area contributed by atoms with E-state index in [0.29, 0.717) is 0 Å². The molecule has 0 aliphatic heterocycles. The first-order chi connectivity index (χ1) is 6.54. The molecule has 1 nitrogen and oxygen atoms in total. The second-order valence-electron chi connectivity index (χ2n) is 4.26. The Morgan fingerprint density at radius 1 is 1.43 bits per heavy atom. The summed E-state index contributed by atoms with van der Waals surface area (Å²) < 4.78 is 0. The van der Waals surface area contributed by atoms with E-state index < -0.39 is 0 Å². The molecule has 0 amide bonds. The first kappa shape index (κ1) is 11.7. The number of aryl methyl sites for hydroxylation is 2. The van der Waals surface area contributed by atoms with E-state index in [2.05, 4.69) is 33.8 Å². The third kappa shape index (κ3) is 2.82. The minimum atomic E-state index is 0.239. The number of hydrogen-bond donors (Lipinski definition) is 1. The Hall–Kier alpha value is -0.340. The summed E-state index contributed by atoms with van der Waals surface area (Å²) in [5.74, 6) is 0.729. The number of thiophene rings is 1. The Bertz CT molecular complexity index is 291. The van der Waals surface area contributed by atoms with Gasteiger partial charge in [0.05, 0.1) is 0 Å². The Morgan fingerprint density at radius 2 is 2.07 bits per heavy atom. The van der Waals surface area contributed by atoms with Crippen molar-refractivity contribution in [2.75, 3.05) is 0 Å². The molecule has 2 atom stereocenters. The van der Waals surface area contributed by atoms with E-state index in [1.807, 2.05) is 11.3 Å². The molecule has 0 aliphatic rings. The molecule has 2 unspecified atom stereocenters. The molecule has 0 aromatic carbocycles. The summed E-state index contributed by atoms with van der Waals surface area (Å²) in [6.45, 7) is 8.81. The number of rotatable bonds is 4. The molecule has 0 spiro atoms. The molecule has 0 aliphatic carbocycles. The molecule has 2 heteroatoms. The zero-order chi connectivity index (χ0) is 10.7. The van der Waals surface area contributed by atoms with Crippen LogP contribution in [-0.4, -0.2) is 0 Å². The van der Waals surface area contributed by atoms with Gasteiger partial charge >= 0.3 is 0 Å². The van der Waals surface area contributed by atoms with Crippen molar-refractivity contribution in [2.45, 2.75) is 46.6 Å². The van der Waals surface area contributed by atoms with Crippen LogP contribution >= 0.6 is 11.3 Å². The molecule has 0 bridgehead atoms. The Balaban J connectivity index is 2.69. The highest BCUT2D eigenvalue weighted by Crippen LogP contribution is 2.30. The van der Waals surface area contributed by atoms with Gasteiger partial charge in [0.25, 0.3) is 0 Å². The summed E-state index contributed by atoms with van der Waals surface area (Å²) in [5, 5.41) is 0. The molecule has 0 radical (unpaired) electrons. The Morgan fingerprint density at radius 3 is 2.50 bits per heavy atom. The third-order valence-corrected chi connectivity index (χ3v) is 4.05. The largest absolute Gasteiger partial charge is 0.323 e. The van der Waals surface area contributed by atoms with Gasteiger partial charge < -0.3 is 5.73 Å². The van der Waals surface area contributed by atoms with E-state index in [0.717, 1.165) is 12.3 Å². The first-order valence-electron chi connectivity index (χ1n) is 5.37. The topological polar surface area (TPSA) is 26.0 Å². The number of nitrogens with two attached hydrogens (primary N) is 1.